The summed E-state index contributed by atoms with van der Waals surface area (Å²) in [7, 11) is -3.29. The van der Waals surface area contributed by atoms with Crippen molar-refractivity contribution >= 4 is 21.7 Å². The molecule has 1 heterocycles. The van der Waals surface area contributed by atoms with Crippen LogP contribution in [0.5, 0.6) is 0 Å². The number of hydrogen-bond acceptors (Lipinski definition) is 5. The minimum atomic E-state index is -3.29. The molecule has 0 radical (unpaired) electrons. The largest absolute Gasteiger partial charge is 0.481 e. The molecular weight excluding hydrogens is 284 g/mol. The Kier molecular flexibility index (Phi) is 5.52. The van der Waals surface area contributed by atoms with E-state index in [1.54, 1.807) is 0 Å². The van der Waals surface area contributed by atoms with Gasteiger partial charge in [-0.3, -0.25) is 9.59 Å². The predicted octanol–water partition coefficient (Wildman–Crippen LogP) is -0.540. The van der Waals surface area contributed by atoms with Crippen LogP contribution in [-0.2, 0) is 19.4 Å². The highest BCUT2D eigenvalue weighted by Crippen LogP contribution is 2.18. The van der Waals surface area contributed by atoms with Crippen molar-refractivity contribution in [1.82, 2.24) is 4.90 Å². The van der Waals surface area contributed by atoms with E-state index in [1.807, 2.05) is 13.8 Å². The monoisotopic (exact) mass is 306 g/mol. The number of amides is 1. The van der Waals surface area contributed by atoms with Gasteiger partial charge in [0.15, 0.2) is 9.84 Å². The van der Waals surface area contributed by atoms with Gasteiger partial charge in [0.1, 0.15) is 0 Å². The van der Waals surface area contributed by atoms with E-state index in [0.29, 0.717) is 0 Å². The standard InChI is InChI=1S/C12H22N2O5S/c1-3-8(2)11(13)12(17)14-4-5-20(18,19)7-9(14)6-10(15)16/h8-9,11H,3-7,13H2,1-2H3,(H,15,16). The van der Waals surface area contributed by atoms with Gasteiger partial charge >= 0.3 is 5.97 Å². The van der Waals surface area contributed by atoms with Crippen LogP contribution in [0.2, 0.25) is 0 Å². The molecule has 0 saturated carbocycles. The number of rotatable bonds is 5. The molecule has 0 aromatic heterocycles. The average Bonchev–Trinajstić information content (AvgIpc) is 2.34. The summed E-state index contributed by atoms with van der Waals surface area (Å²) in [4.78, 5) is 24.5. The smallest absolute Gasteiger partial charge is 0.305 e. The van der Waals surface area contributed by atoms with Crippen LogP contribution in [0.4, 0.5) is 0 Å². The average molecular weight is 306 g/mol. The van der Waals surface area contributed by atoms with Gasteiger partial charge < -0.3 is 15.7 Å². The van der Waals surface area contributed by atoms with E-state index >= 15 is 0 Å². The number of carboxylic acids is 1. The SMILES string of the molecule is CCC(C)C(N)C(=O)N1CCS(=O)(=O)CC1CC(=O)O. The summed E-state index contributed by atoms with van der Waals surface area (Å²) in [6.45, 7) is 3.77. The molecule has 0 bridgehead atoms. The third-order valence-electron chi connectivity index (χ3n) is 3.77. The molecule has 20 heavy (non-hydrogen) atoms. The first-order chi connectivity index (χ1) is 9.18. The maximum Gasteiger partial charge on any atom is 0.305 e. The molecule has 1 saturated heterocycles. The Balaban J connectivity index is 2.90. The van der Waals surface area contributed by atoms with Crippen molar-refractivity contribution in [1.29, 1.82) is 0 Å². The first-order valence-electron chi connectivity index (χ1n) is 6.66. The highest BCUT2D eigenvalue weighted by atomic mass is 32.2. The van der Waals surface area contributed by atoms with Gasteiger partial charge in [-0.25, -0.2) is 8.42 Å². The number of hydrogen-bond donors (Lipinski definition) is 2. The van der Waals surface area contributed by atoms with Crippen molar-refractivity contribution in [3.63, 3.8) is 0 Å². The van der Waals surface area contributed by atoms with Crippen LogP contribution in [-0.4, -0.2) is 60.4 Å². The summed E-state index contributed by atoms with van der Waals surface area (Å²) in [6, 6.07) is -1.55. The Labute approximate surface area is 119 Å². The quantitative estimate of drug-likeness (QED) is 0.704. The van der Waals surface area contributed by atoms with Crippen molar-refractivity contribution < 1.29 is 23.1 Å². The van der Waals surface area contributed by atoms with Gasteiger partial charge in [0.05, 0.1) is 30.0 Å². The van der Waals surface area contributed by atoms with Crippen LogP contribution in [0, 0.1) is 5.92 Å². The van der Waals surface area contributed by atoms with Crippen LogP contribution >= 0.6 is 0 Å². The Morgan fingerprint density at radius 3 is 2.55 bits per heavy atom. The normalized spacial score (nSPS) is 24.9. The zero-order chi connectivity index (χ0) is 15.5. The van der Waals surface area contributed by atoms with Crippen molar-refractivity contribution in [2.75, 3.05) is 18.1 Å². The summed E-state index contributed by atoms with van der Waals surface area (Å²) in [5, 5.41) is 8.87. The number of aliphatic carboxylic acids is 1. The van der Waals surface area contributed by atoms with E-state index in [2.05, 4.69) is 0 Å². The number of carbonyl (C=O) groups is 2. The van der Waals surface area contributed by atoms with Gasteiger partial charge in [-0.05, 0) is 5.92 Å². The predicted molar refractivity (Wildman–Crippen MR) is 73.8 cm³/mol. The molecule has 0 aromatic rings. The molecule has 1 aliphatic rings. The lowest BCUT2D eigenvalue weighted by Gasteiger charge is -2.37. The van der Waals surface area contributed by atoms with Gasteiger partial charge in [-0.15, -0.1) is 0 Å². The van der Waals surface area contributed by atoms with Crippen LogP contribution in [0.25, 0.3) is 0 Å². The van der Waals surface area contributed by atoms with Crippen LogP contribution in [0.3, 0.4) is 0 Å². The Morgan fingerprint density at radius 2 is 2.05 bits per heavy atom. The fourth-order valence-corrected chi connectivity index (χ4v) is 3.76. The van der Waals surface area contributed by atoms with E-state index < -0.39 is 27.9 Å². The van der Waals surface area contributed by atoms with E-state index in [4.69, 9.17) is 10.8 Å². The minimum absolute atomic E-state index is 0.0171. The second-order valence-electron chi connectivity index (χ2n) is 5.31. The molecule has 0 aliphatic carbocycles. The van der Waals surface area contributed by atoms with E-state index in [0.717, 1.165) is 6.42 Å². The third kappa shape index (κ3) is 4.17. The summed E-state index contributed by atoms with van der Waals surface area (Å²) >= 11 is 0. The van der Waals surface area contributed by atoms with Gasteiger partial charge in [0, 0.05) is 6.54 Å². The second-order valence-corrected chi connectivity index (χ2v) is 7.54. The fourth-order valence-electron chi connectivity index (χ4n) is 2.24. The van der Waals surface area contributed by atoms with Gasteiger partial charge in [-0.1, -0.05) is 20.3 Å². The number of nitrogens with two attached hydrogens (primary N) is 1. The van der Waals surface area contributed by atoms with E-state index in [1.165, 1.54) is 4.90 Å². The van der Waals surface area contributed by atoms with Crippen LogP contribution in [0.1, 0.15) is 26.7 Å². The molecule has 1 aliphatic heterocycles. The van der Waals surface area contributed by atoms with Gasteiger partial charge in [-0.2, -0.15) is 0 Å². The molecule has 1 rings (SSSR count). The minimum Gasteiger partial charge on any atom is -0.481 e. The summed E-state index contributed by atoms with van der Waals surface area (Å²) in [5.74, 6) is -1.96. The van der Waals surface area contributed by atoms with Crippen LogP contribution in [0.15, 0.2) is 0 Å². The van der Waals surface area contributed by atoms with E-state index in [9.17, 15) is 18.0 Å². The maximum atomic E-state index is 12.3. The Morgan fingerprint density at radius 1 is 1.45 bits per heavy atom. The topological polar surface area (TPSA) is 118 Å². The third-order valence-corrected chi connectivity index (χ3v) is 5.46. The zero-order valence-electron chi connectivity index (χ0n) is 11.8. The number of nitrogens with zero attached hydrogens (tertiary/aromatic N) is 1. The molecule has 3 N–H and O–H groups in total. The van der Waals surface area contributed by atoms with Crippen molar-refractivity contribution in [2.45, 2.75) is 38.8 Å². The lowest BCUT2D eigenvalue weighted by molar-refractivity contribution is -0.141. The molecule has 7 nitrogen and oxygen atoms in total. The molecule has 3 atom stereocenters. The number of carbonyl (C=O) groups excluding carboxylic acids is 1. The molecular formula is C12H22N2O5S. The van der Waals surface area contributed by atoms with E-state index in [-0.39, 0.29) is 36.3 Å². The Bertz CT molecular complexity index is 476. The molecule has 0 aromatic carbocycles. The number of carboxylic acid groups (broad SMARTS) is 1. The van der Waals surface area contributed by atoms with Crippen molar-refractivity contribution in [3.05, 3.63) is 0 Å². The van der Waals surface area contributed by atoms with Crippen molar-refractivity contribution in [3.8, 4) is 0 Å². The maximum absolute atomic E-state index is 12.3. The molecule has 1 fully saturated rings. The van der Waals surface area contributed by atoms with Gasteiger partial charge in [0.2, 0.25) is 5.91 Å². The first kappa shape index (κ1) is 16.9. The fraction of sp³-hybridized carbons (Fsp3) is 0.833. The van der Waals surface area contributed by atoms with Gasteiger partial charge in [0.25, 0.3) is 0 Å². The summed E-state index contributed by atoms with van der Waals surface area (Å²) in [6.07, 6.45) is 0.348. The molecule has 3 unspecified atom stereocenters. The molecule has 8 heteroatoms. The summed E-state index contributed by atoms with van der Waals surface area (Å²) in [5.41, 5.74) is 5.87. The van der Waals surface area contributed by atoms with Crippen molar-refractivity contribution in [2.24, 2.45) is 11.7 Å². The molecule has 1 amide bonds. The highest BCUT2D eigenvalue weighted by Gasteiger charge is 2.37. The molecule has 116 valence electrons. The highest BCUT2D eigenvalue weighted by molar-refractivity contribution is 7.91. The summed E-state index contributed by atoms with van der Waals surface area (Å²) < 4.78 is 23.2. The lowest BCUT2D eigenvalue weighted by atomic mass is 9.98. The zero-order valence-corrected chi connectivity index (χ0v) is 12.6. The Hall–Kier alpha value is -1.15. The lowest BCUT2D eigenvalue weighted by Crippen LogP contribution is -2.57. The first-order valence-corrected chi connectivity index (χ1v) is 8.48. The number of sulfone groups is 1. The molecule has 0 spiro atoms. The van der Waals surface area contributed by atoms with Crippen LogP contribution < -0.4 is 5.73 Å². The second kappa shape index (κ2) is 6.53.